The smallest absolute Gasteiger partial charge is 0.220 e. The molecule has 2 aliphatic rings. The van der Waals surface area contributed by atoms with Crippen LogP contribution in [0.1, 0.15) is 26.3 Å². The minimum Gasteiger partial charge on any atom is -0.352 e. The van der Waals surface area contributed by atoms with Gasteiger partial charge in [-0.1, -0.05) is 11.6 Å². The van der Waals surface area contributed by atoms with Gasteiger partial charge in [-0.3, -0.25) is 4.79 Å². The first-order valence-electron chi connectivity index (χ1n) is 10.5. The van der Waals surface area contributed by atoms with E-state index in [0.717, 1.165) is 39.4 Å². The molecule has 0 aromatic carbocycles. The molecule has 3 aromatic heterocycles. The van der Waals surface area contributed by atoms with Crippen molar-refractivity contribution < 1.29 is 4.79 Å². The number of pyridine rings is 2. The molecule has 0 aliphatic carbocycles. The summed E-state index contributed by atoms with van der Waals surface area (Å²) < 4.78 is 0. The van der Waals surface area contributed by atoms with E-state index in [9.17, 15) is 4.79 Å². The number of nitrogens with one attached hydrogen (secondary N) is 1. The Hall–Kier alpha value is -3.33. The summed E-state index contributed by atoms with van der Waals surface area (Å²) in [5, 5.41) is 13.5. The number of amides is 1. The summed E-state index contributed by atoms with van der Waals surface area (Å²) in [6.07, 6.45) is 3.52. The molecule has 0 bridgehead atoms. The number of halogens is 1. The summed E-state index contributed by atoms with van der Waals surface area (Å²) in [5.41, 5.74) is 4.18. The standard InChI is InChI=1S/C22H23ClN8O/c1-12-10-30(11-13(2)31(12)14(3)32)22-16(20-9-26-29-28-20)4-5-19(27-22)18-8-25-21-17(18)6-15(23)7-24-21/h4-8,12-13H,9-11H2,1-3H3,(H,24,25)/t12-,13+. The summed E-state index contributed by atoms with van der Waals surface area (Å²) in [6, 6.07) is 6.01. The molecule has 10 heteroatoms. The molecular weight excluding hydrogens is 428 g/mol. The number of hydrogen-bond donors (Lipinski definition) is 1. The molecule has 0 saturated carbocycles. The van der Waals surface area contributed by atoms with Gasteiger partial charge in [-0.05, 0) is 37.3 Å². The Labute approximate surface area is 190 Å². The van der Waals surface area contributed by atoms with Crippen LogP contribution >= 0.6 is 11.6 Å². The van der Waals surface area contributed by atoms with Crippen LogP contribution in [0.4, 0.5) is 5.82 Å². The number of piperazine rings is 1. The van der Waals surface area contributed by atoms with Gasteiger partial charge in [0.2, 0.25) is 5.91 Å². The number of rotatable bonds is 3. The van der Waals surface area contributed by atoms with Gasteiger partial charge in [0.1, 0.15) is 18.0 Å². The molecule has 5 heterocycles. The number of hydrogen-bond acceptors (Lipinski definition) is 7. The average molecular weight is 451 g/mol. The number of anilines is 1. The van der Waals surface area contributed by atoms with Crippen molar-refractivity contribution in [3.63, 3.8) is 0 Å². The minimum atomic E-state index is 0.0607. The summed E-state index contributed by atoms with van der Waals surface area (Å²) >= 11 is 6.20. The Morgan fingerprint density at radius 3 is 2.66 bits per heavy atom. The predicted octanol–water partition coefficient (Wildman–Crippen LogP) is 3.89. The lowest BCUT2D eigenvalue weighted by Gasteiger charge is -2.45. The summed E-state index contributed by atoms with van der Waals surface area (Å²) in [5.74, 6) is 0.910. The van der Waals surface area contributed by atoms with Crippen molar-refractivity contribution in [3.8, 4) is 11.3 Å². The Morgan fingerprint density at radius 1 is 1.19 bits per heavy atom. The van der Waals surface area contributed by atoms with Gasteiger partial charge in [0, 0.05) is 61.0 Å². The molecule has 164 valence electrons. The highest BCUT2D eigenvalue weighted by atomic mass is 35.5. The van der Waals surface area contributed by atoms with Gasteiger partial charge in [-0.15, -0.1) is 5.10 Å². The number of H-pyrrole nitrogens is 1. The molecule has 32 heavy (non-hydrogen) atoms. The first-order chi connectivity index (χ1) is 15.4. The second kappa shape index (κ2) is 7.98. The lowest BCUT2D eigenvalue weighted by atomic mass is 10.0. The molecule has 1 amide bonds. The lowest BCUT2D eigenvalue weighted by Crippen LogP contribution is -2.58. The van der Waals surface area contributed by atoms with Crippen molar-refractivity contribution >= 4 is 40.1 Å². The SMILES string of the molecule is CC(=O)N1[C@H](C)CN(c2nc(-c3c[nH]c4ncc(Cl)cc34)ccc2C2=NN=NC2)C[C@@H]1C. The van der Waals surface area contributed by atoms with E-state index in [1.54, 1.807) is 13.1 Å². The number of carbonyl (C=O) groups is 1. The fourth-order valence-electron chi connectivity index (χ4n) is 4.73. The Morgan fingerprint density at radius 2 is 1.97 bits per heavy atom. The molecular formula is C22H23ClN8O. The molecule has 0 unspecified atom stereocenters. The zero-order valence-electron chi connectivity index (χ0n) is 18.1. The first-order valence-corrected chi connectivity index (χ1v) is 10.9. The van der Waals surface area contributed by atoms with E-state index in [4.69, 9.17) is 16.6 Å². The van der Waals surface area contributed by atoms with Crippen molar-refractivity contribution in [3.05, 3.63) is 41.2 Å². The number of aromatic nitrogens is 3. The summed E-state index contributed by atoms with van der Waals surface area (Å²) in [7, 11) is 0. The molecule has 0 spiro atoms. The van der Waals surface area contributed by atoms with Crippen LogP contribution in [0.15, 0.2) is 46.0 Å². The molecule has 0 radical (unpaired) electrons. The highest BCUT2D eigenvalue weighted by molar-refractivity contribution is 6.31. The molecule has 2 aliphatic heterocycles. The lowest BCUT2D eigenvalue weighted by molar-refractivity contribution is -0.133. The molecule has 1 fully saturated rings. The van der Waals surface area contributed by atoms with Crippen LogP contribution in [0.3, 0.4) is 0 Å². The van der Waals surface area contributed by atoms with Gasteiger partial charge < -0.3 is 14.8 Å². The van der Waals surface area contributed by atoms with Gasteiger partial charge in [0.15, 0.2) is 0 Å². The van der Waals surface area contributed by atoms with Gasteiger partial charge in [0.05, 0.1) is 16.4 Å². The van der Waals surface area contributed by atoms with Crippen LogP contribution in [0.5, 0.6) is 0 Å². The maximum atomic E-state index is 12.1. The largest absolute Gasteiger partial charge is 0.352 e. The average Bonchev–Trinajstić information content (AvgIpc) is 3.42. The Bertz CT molecular complexity index is 1250. The molecule has 9 nitrogen and oxygen atoms in total. The van der Waals surface area contributed by atoms with Crippen LogP contribution in [0, 0.1) is 0 Å². The predicted molar refractivity (Wildman–Crippen MR) is 124 cm³/mol. The number of aromatic amines is 1. The second-order valence-corrected chi connectivity index (χ2v) is 8.72. The van der Waals surface area contributed by atoms with E-state index in [-0.39, 0.29) is 18.0 Å². The third-order valence-corrected chi connectivity index (χ3v) is 6.20. The number of nitrogens with zero attached hydrogens (tertiary/aromatic N) is 7. The van der Waals surface area contributed by atoms with Crippen LogP contribution in [-0.2, 0) is 4.79 Å². The van der Waals surface area contributed by atoms with Crippen molar-refractivity contribution in [2.24, 2.45) is 15.4 Å². The van der Waals surface area contributed by atoms with E-state index >= 15 is 0 Å². The number of fused-ring (bicyclic) bond motifs is 1. The van der Waals surface area contributed by atoms with E-state index in [2.05, 4.69) is 44.2 Å². The third kappa shape index (κ3) is 3.52. The maximum Gasteiger partial charge on any atom is 0.220 e. The van der Waals surface area contributed by atoms with E-state index in [0.29, 0.717) is 24.7 Å². The van der Waals surface area contributed by atoms with Gasteiger partial charge >= 0.3 is 0 Å². The maximum absolute atomic E-state index is 12.1. The van der Waals surface area contributed by atoms with Crippen molar-refractivity contribution in [2.75, 3.05) is 24.5 Å². The van der Waals surface area contributed by atoms with Crippen molar-refractivity contribution in [1.82, 2.24) is 19.9 Å². The molecule has 5 rings (SSSR count). The fourth-order valence-corrected chi connectivity index (χ4v) is 4.88. The molecule has 1 N–H and O–H groups in total. The normalized spacial score (nSPS) is 20.8. The number of carbonyl (C=O) groups excluding carboxylic acids is 1. The summed E-state index contributed by atoms with van der Waals surface area (Å²) in [4.78, 5) is 28.9. The molecule has 3 aromatic rings. The van der Waals surface area contributed by atoms with E-state index < -0.39 is 0 Å². The van der Waals surface area contributed by atoms with E-state index in [1.165, 1.54) is 0 Å². The van der Waals surface area contributed by atoms with Crippen LogP contribution in [0.2, 0.25) is 5.02 Å². The monoisotopic (exact) mass is 450 g/mol. The molecule has 2 atom stereocenters. The Kier molecular flexibility index (Phi) is 5.13. The quantitative estimate of drug-likeness (QED) is 0.653. The van der Waals surface area contributed by atoms with Gasteiger partial charge in [-0.25, -0.2) is 9.97 Å². The van der Waals surface area contributed by atoms with Gasteiger partial charge in [0.25, 0.3) is 0 Å². The zero-order valence-corrected chi connectivity index (χ0v) is 18.8. The Balaban J connectivity index is 1.60. The van der Waals surface area contributed by atoms with Crippen LogP contribution < -0.4 is 4.90 Å². The highest BCUT2D eigenvalue weighted by Crippen LogP contribution is 2.32. The fraction of sp³-hybridized carbons (Fsp3) is 0.364. The topological polar surface area (TPSA) is 102 Å². The van der Waals surface area contributed by atoms with Crippen LogP contribution in [-0.4, -0.2) is 63.2 Å². The van der Waals surface area contributed by atoms with Crippen molar-refractivity contribution in [1.29, 1.82) is 0 Å². The van der Waals surface area contributed by atoms with Crippen LogP contribution in [0.25, 0.3) is 22.3 Å². The zero-order chi connectivity index (χ0) is 22.4. The highest BCUT2D eigenvalue weighted by Gasteiger charge is 2.33. The second-order valence-electron chi connectivity index (χ2n) is 8.28. The summed E-state index contributed by atoms with van der Waals surface area (Å²) in [6.45, 7) is 7.54. The van der Waals surface area contributed by atoms with E-state index in [1.807, 2.05) is 29.3 Å². The van der Waals surface area contributed by atoms with Gasteiger partial charge in [-0.2, -0.15) is 5.11 Å². The third-order valence-electron chi connectivity index (χ3n) is 5.99. The first kappa shape index (κ1) is 20.6. The minimum absolute atomic E-state index is 0.0607. The molecule has 1 saturated heterocycles. The van der Waals surface area contributed by atoms with Crippen molar-refractivity contribution in [2.45, 2.75) is 32.9 Å².